The maximum Gasteiger partial charge on any atom is 0.182 e. The van der Waals surface area contributed by atoms with Gasteiger partial charge in [-0.3, -0.25) is 9.78 Å². The molecule has 5 heteroatoms. The molecule has 0 bridgehead atoms. The van der Waals surface area contributed by atoms with Crippen LogP contribution >= 0.6 is 11.6 Å². The van der Waals surface area contributed by atoms with Crippen molar-refractivity contribution < 1.29 is 4.79 Å². The van der Waals surface area contributed by atoms with Gasteiger partial charge in [-0.1, -0.05) is 17.7 Å². The highest BCUT2D eigenvalue weighted by molar-refractivity contribution is 6.29. The second kappa shape index (κ2) is 6.12. The Morgan fingerprint density at radius 3 is 2.78 bits per heavy atom. The van der Waals surface area contributed by atoms with Crippen molar-refractivity contribution in [1.82, 2.24) is 9.97 Å². The molecule has 1 N–H and O–H groups in total. The number of halogens is 1. The van der Waals surface area contributed by atoms with Gasteiger partial charge in [0.2, 0.25) is 0 Å². The number of pyridine rings is 2. The summed E-state index contributed by atoms with van der Waals surface area (Å²) in [5.41, 5.74) is 1.33. The van der Waals surface area contributed by atoms with Gasteiger partial charge in [0.05, 0.1) is 11.9 Å². The van der Waals surface area contributed by atoms with Gasteiger partial charge in [0.1, 0.15) is 10.8 Å². The second-order valence-electron chi connectivity index (χ2n) is 3.68. The molecule has 0 unspecified atom stereocenters. The molecule has 2 aromatic rings. The number of aromatic nitrogens is 2. The monoisotopic (exact) mass is 261 g/mol. The van der Waals surface area contributed by atoms with Crippen LogP contribution in [0.4, 0.5) is 5.69 Å². The van der Waals surface area contributed by atoms with Gasteiger partial charge in [0.15, 0.2) is 5.78 Å². The van der Waals surface area contributed by atoms with Crippen LogP contribution in [-0.4, -0.2) is 22.3 Å². The summed E-state index contributed by atoms with van der Waals surface area (Å²) in [5, 5.41) is 3.55. The zero-order valence-corrected chi connectivity index (χ0v) is 10.4. The Kier molecular flexibility index (Phi) is 4.25. The van der Waals surface area contributed by atoms with E-state index in [-0.39, 0.29) is 5.78 Å². The molecule has 0 saturated heterocycles. The van der Waals surface area contributed by atoms with Crippen LogP contribution in [0.5, 0.6) is 0 Å². The molecule has 0 spiro atoms. The fraction of sp³-hybridized carbons (Fsp3) is 0.154. The number of carbonyl (C=O) groups is 1. The molecule has 18 heavy (non-hydrogen) atoms. The van der Waals surface area contributed by atoms with E-state index in [0.29, 0.717) is 23.8 Å². The first-order chi connectivity index (χ1) is 8.75. The van der Waals surface area contributed by atoms with Crippen LogP contribution in [0, 0.1) is 0 Å². The van der Waals surface area contributed by atoms with Gasteiger partial charge in [-0.05, 0) is 24.3 Å². The van der Waals surface area contributed by atoms with E-state index in [0.717, 1.165) is 5.69 Å². The third-order valence-corrected chi connectivity index (χ3v) is 2.58. The van der Waals surface area contributed by atoms with Gasteiger partial charge >= 0.3 is 0 Å². The molecular formula is C13H12ClN3O. The Bertz CT molecular complexity index is 514. The molecule has 2 aromatic heterocycles. The number of nitrogens with one attached hydrogen (secondary N) is 1. The van der Waals surface area contributed by atoms with Crippen LogP contribution in [0.25, 0.3) is 0 Å². The average molecular weight is 262 g/mol. The molecule has 4 nitrogen and oxygen atoms in total. The smallest absolute Gasteiger partial charge is 0.182 e. The molecule has 0 aliphatic rings. The van der Waals surface area contributed by atoms with Crippen molar-refractivity contribution in [3.05, 3.63) is 53.6 Å². The van der Waals surface area contributed by atoms with E-state index in [1.807, 2.05) is 6.07 Å². The summed E-state index contributed by atoms with van der Waals surface area (Å²) in [7, 11) is 0. The van der Waals surface area contributed by atoms with Gasteiger partial charge in [-0.25, -0.2) is 4.98 Å². The fourth-order valence-electron chi connectivity index (χ4n) is 1.46. The van der Waals surface area contributed by atoms with Crippen LogP contribution in [-0.2, 0) is 0 Å². The summed E-state index contributed by atoms with van der Waals surface area (Å²) in [5.74, 6) is 0.0185. The molecule has 0 fully saturated rings. The van der Waals surface area contributed by atoms with Crippen molar-refractivity contribution in [3.63, 3.8) is 0 Å². The number of rotatable bonds is 5. The number of carbonyl (C=O) groups excluding carboxylic acids is 1. The van der Waals surface area contributed by atoms with Crippen LogP contribution in [0.15, 0.2) is 42.7 Å². The summed E-state index contributed by atoms with van der Waals surface area (Å²) in [4.78, 5) is 19.7. The number of hydrogen-bond acceptors (Lipinski definition) is 4. The van der Waals surface area contributed by atoms with Crippen molar-refractivity contribution in [2.75, 3.05) is 11.9 Å². The van der Waals surface area contributed by atoms with Crippen molar-refractivity contribution in [2.45, 2.75) is 6.42 Å². The van der Waals surface area contributed by atoms with Crippen molar-refractivity contribution in [1.29, 1.82) is 0 Å². The first kappa shape index (κ1) is 12.5. The summed E-state index contributed by atoms with van der Waals surface area (Å²) >= 11 is 5.67. The first-order valence-corrected chi connectivity index (χ1v) is 5.93. The Hall–Kier alpha value is -1.94. The number of anilines is 1. The highest BCUT2D eigenvalue weighted by atomic mass is 35.5. The minimum absolute atomic E-state index is 0.0185. The topological polar surface area (TPSA) is 54.9 Å². The summed E-state index contributed by atoms with van der Waals surface area (Å²) in [6, 6.07) is 8.82. The minimum atomic E-state index is 0.0185. The predicted octanol–water partition coefficient (Wildman–Crippen LogP) is 2.81. The summed E-state index contributed by atoms with van der Waals surface area (Å²) < 4.78 is 0. The molecule has 0 aromatic carbocycles. The fourth-order valence-corrected chi connectivity index (χ4v) is 1.57. The largest absolute Gasteiger partial charge is 0.383 e. The van der Waals surface area contributed by atoms with Crippen LogP contribution in [0.3, 0.4) is 0 Å². The number of hydrogen-bond donors (Lipinski definition) is 1. The lowest BCUT2D eigenvalue weighted by Crippen LogP contribution is -2.10. The summed E-state index contributed by atoms with van der Waals surface area (Å²) in [6.45, 7) is 0.540. The van der Waals surface area contributed by atoms with Crippen LogP contribution in [0.1, 0.15) is 16.9 Å². The van der Waals surface area contributed by atoms with E-state index in [9.17, 15) is 4.79 Å². The Morgan fingerprint density at radius 1 is 1.22 bits per heavy atom. The number of ketones is 1. The quantitative estimate of drug-likeness (QED) is 0.664. The highest BCUT2D eigenvalue weighted by Crippen LogP contribution is 2.09. The molecule has 0 atom stereocenters. The van der Waals surface area contributed by atoms with Crippen molar-refractivity contribution in [2.24, 2.45) is 0 Å². The third kappa shape index (κ3) is 3.53. The van der Waals surface area contributed by atoms with Crippen LogP contribution in [0.2, 0.25) is 5.15 Å². The lowest BCUT2D eigenvalue weighted by Gasteiger charge is -2.05. The van der Waals surface area contributed by atoms with E-state index >= 15 is 0 Å². The molecule has 0 aliphatic heterocycles. The maximum atomic E-state index is 11.7. The molecule has 0 saturated carbocycles. The SMILES string of the molecule is O=C(CCNc1ccc(Cl)nc1)c1ccccn1. The molecular weight excluding hydrogens is 250 g/mol. The van der Waals surface area contributed by atoms with E-state index in [4.69, 9.17) is 11.6 Å². The van der Waals surface area contributed by atoms with Crippen molar-refractivity contribution in [3.8, 4) is 0 Å². The zero-order valence-electron chi connectivity index (χ0n) is 9.64. The lowest BCUT2D eigenvalue weighted by molar-refractivity contribution is 0.0982. The molecule has 92 valence electrons. The van der Waals surface area contributed by atoms with Gasteiger partial charge < -0.3 is 5.32 Å². The first-order valence-electron chi connectivity index (χ1n) is 5.55. The van der Waals surface area contributed by atoms with Gasteiger partial charge in [-0.15, -0.1) is 0 Å². The Balaban J connectivity index is 1.82. The zero-order chi connectivity index (χ0) is 12.8. The Labute approximate surface area is 110 Å². The summed E-state index contributed by atoms with van der Waals surface area (Å²) in [6.07, 6.45) is 3.64. The minimum Gasteiger partial charge on any atom is -0.383 e. The normalized spacial score (nSPS) is 10.1. The average Bonchev–Trinajstić information content (AvgIpc) is 2.42. The van der Waals surface area contributed by atoms with Gasteiger partial charge in [0.25, 0.3) is 0 Å². The maximum absolute atomic E-state index is 11.7. The Morgan fingerprint density at radius 2 is 2.11 bits per heavy atom. The highest BCUT2D eigenvalue weighted by Gasteiger charge is 2.05. The van der Waals surface area contributed by atoms with E-state index in [2.05, 4.69) is 15.3 Å². The predicted molar refractivity (Wildman–Crippen MR) is 70.9 cm³/mol. The number of Topliss-reactive ketones (excluding diaryl/α,β-unsaturated/α-hetero) is 1. The van der Waals surface area contributed by atoms with E-state index in [1.54, 1.807) is 36.7 Å². The van der Waals surface area contributed by atoms with E-state index in [1.165, 1.54) is 0 Å². The standard InChI is InChI=1S/C13H12ClN3O/c14-13-5-4-10(9-17-13)15-8-6-12(18)11-3-1-2-7-16-11/h1-5,7,9,15H,6,8H2. The van der Waals surface area contributed by atoms with Crippen molar-refractivity contribution >= 4 is 23.1 Å². The molecule has 0 aliphatic carbocycles. The van der Waals surface area contributed by atoms with Crippen LogP contribution < -0.4 is 5.32 Å². The molecule has 2 heterocycles. The van der Waals surface area contributed by atoms with E-state index < -0.39 is 0 Å². The van der Waals surface area contributed by atoms with Gasteiger partial charge in [-0.2, -0.15) is 0 Å². The molecule has 0 amide bonds. The molecule has 0 radical (unpaired) electrons. The molecule has 2 rings (SSSR count). The third-order valence-electron chi connectivity index (χ3n) is 2.36. The number of nitrogens with zero attached hydrogens (tertiary/aromatic N) is 2. The second-order valence-corrected chi connectivity index (χ2v) is 4.07. The lowest BCUT2D eigenvalue weighted by atomic mass is 10.2. The van der Waals surface area contributed by atoms with Gasteiger partial charge in [0, 0.05) is 19.2 Å².